The van der Waals surface area contributed by atoms with E-state index < -0.39 is 0 Å². The van der Waals surface area contributed by atoms with Crippen LogP contribution in [-0.2, 0) is 6.54 Å². The summed E-state index contributed by atoms with van der Waals surface area (Å²) in [5.74, 6) is 0.740. The molecule has 0 atom stereocenters. The number of hydrogen-bond acceptors (Lipinski definition) is 2. The first-order chi connectivity index (χ1) is 10.3. The summed E-state index contributed by atoms with van der Waals surface area (Å²) in [6.45, 7) is 0.766. The SMILES string of the molecule is CNC(=O)c1cccc(NCc2ccc(C3CC3)cc2)c1. The molecular weight excluding hydrogens is 260 g/mol. The Morgan fingerprint density at radius 3 is 2.57 bits per heavy atom. The van der Waals surface area contributed by atoms with E-state index in [0.29, 0.717) is 5.56 Å². The molecule has 1 aliphatic rings. The van der Waals surface area contributed by atoms with Gasteiger partial charge in [-0.15, -0.1) is 0 Å². The van der Waals surface area contributed by atoms with Crippen molar-refractivity contribution < 1.29 is 4.79 Å². The predicted molar refractivity (Wildman–Crippen MR) is 85.6 cm³/mol. The Balaban J connectivity index is 1.62. The normalized spacial score (nSPS) is 13.8. The van der Waals surface area contributed by atoms with Crippen LogP contribution in [0.15, 0.2) is 48.5 Å². The number of anilines is 1. The molecule has 0 unspecified atom stereocenters. The molecule has 0 bridgehead atoms. The monoisotopic (exact) mass is 280 g/mol. The van der Waals surface area contributed by atoms with Crippen LogP contribution in [0.1, 0.15) is 40.2 Å². The summed E-state index contributed by atoms with van der Waals surface area (Å²) in [6.07, 6.45) is 2.67. The largest absolute Gasteiger partial charge is 0.381 e. The van der Waals surface area contributed by atoms with E-state index >= 15 is 0 Å². The number of benzene rings is 2. The maximum Gasteiger partial charge on any atom is 0.251 e. The third-order valence-corrected chi connectivity index (χ3v) is 3.88. The van der Waals surface area contributed by atoms with E-state index in [1.54, 1.807) is 7.05 Å². The van der Waals surface area contributed by atoms with Crippen LogP contribution in [0.4, 0.5) is 5.69 Å². The second-order valence-corrected chi connectivity index (χ2v) is 5.53. The highest BCUT2D eigenvalue weighted by atomic mass is 16.1. The lowest BCUT2D eigenvalue weighted by Gasteiger charge is -2.09. The lowest BCUT2D eigenvalue weighted by Crippen LogP contribution is -2.17. The summed E-state index contributed by atoms with van der Waals surface area (Å²) in [6, 6.07) is 16.4. The van der Waals surface area contributed by atoms with Gasteiger partial charge in [0.05, 0.1) is 0 Å². The van der Waals surface area contributed by atoms with Gasteiger partial charge in [-0.2, -0.15) is 0 Å². The Bertz CT molecular complexity index is 630. The molecule has 108 valence electrons. The molecule has 1 amide bonds. The molecule has 2 N–H and O–H groups in total. The summed E-state index contributed by atoms with van der Waals surface area (Å²) in [7, 11) is 1.64. The third kappa shape index (κ3) is 3.43. The van der Waals surface area contributed by atoms with Gasteiger partial charge in [-0.05, 0) is 48.1 Å². The van der Waals surface area contributed by atoms with Gasteiger partial charge in [-0.3, -0.25) is 4.79 Å². The Hall–Kier alpha value is -2.29. The van der Waals surface area contributed by atoms with Crippen molar-refractivity contribution in [2.45, 2.75) is 25.3 Å². The number of nitrogens with one attached hydrogen (secondary N) is 2. The zero-order valence-electron chi connectivity index (χ0n) is 12.2. The standard InChI is InChI=1S/C18H20N2O/c1-19-18(21)16-3-2-4-17(11-16)20-12-13-5-7-14(8-6-13)15-9-10-15/h2-8,11,15,20H,9-10,12H2,1H3,(H,19,21). The minimum Gasteiger partial charge on any atom is -0.381 e. The molecule has 0 spiro atoms. The number of rotatable bonds is 5. The fraction of sp³-hybridized carbons (Fsp3) is 0.278. The van der Waals surface area contributed by atoms with E-state index in [-0.39, 0.29) is 5.91 Å². The second-order valence-electron chi connectivity index (χ2n) is 5.53. The Kier molecular flexibility index (Phi) is 3.91. The molecule has 3 nitrogen and oxygen atoms in total. The van der Waals surface area contributed by atoms with E-state index in [9.17, 15) is 4.79 Å². The van der Waals surface area contributed by atoms with Crippen molar-refractivity contribution >= 4 is 11.6 Å². The van der Waals surface area contributed by atoms with Gasteiger partial charge in [-0.1, -0.05) is 30.3 Å². The molecule has 1 aliphatic carbocycles. The topological polar surface area (TPSA) is 41.1 Å². The van der Waals surface area contributed by atoms with Crippen molar-refractivity contribution in [3.05, 3.63) is 65.2 Å². The van der Waals surface area contributed by atoms with Crippen molar-refractivity contribution in [3.8, 4) is 0 Å². The first-order valence-corrected chi connectivity index (χ1v) is 7.41. The van der Waals surface area contributed by atoms with E-state index in [0.717, 1.165) is 18.2 Å². The van der Waals surface area contributed by atoms with Crippen LogP contribution in [-0.4, -0.2) is 13.0 Å². The van der Waals surface area contributed by atoms with E-state index in [1.165, 1.54) is 24.0 Å². The van der Waals surface area contributed by atoms with Gasteiger partial charge in [0.1, 0.15) is 0 Å². The highest BCUT2D eigenvalue weighted by Gasteiger charge is 2.22. The molecule has 2 aromatic carbocycles. The fourth-order valence-corrected chi connectivity index (χ4v) is 2.44. The maximum atomic E-state index is 11.6. The maximum absolute atomic E-state index is 11.6. The average Bonchev–Trinajstić information content (AvgIpc) is 3.38. The molecule has 0 saturated heterocycles. The van der Waals surface area contributed by atoms with Crippen LogP contribution >= 0.6 is 0 Å². The van der Waals surface area contributed by atoms with Crippen LogP contribution in [0.5, 0.6) is 0 Å². The van der Waals surface area contributed by atoms with E-state index in [1.807, 2.05) is 24.3 Å². The van der Waals surface area contributed by atoms with E-state index in [4.69, 9.17) is 0 Å². The van der Waals surface area contributed by atoms with Gasteiger partial charge < -0.3 is 10.6 Å². The fourth-order valence-electron chi connectivity index (χ4n) is 2.44. The van der Waals surface area contributed by atoms with Gasteiger partial charge in [-0.25, -0.2) is 0 Å². The molecule has 3 heteroatoms. The first-order valence-electron chi connectivity index (χ1n) is 7.41. The Morgan fingerprint density at radius 1 is 1.14 bits per heavy atom. The summed E-state index contributed by atoms with van der Waals surface area (Å²) >= 11 is 0. The number of carbonyl (C=O) groups excluding carboxylic acids is 1. The zero-order valence-corrected chi connectivity index (χ0v) is 12.2. The summed E-state index contributed by atoms with van der Waals surface area (Å²) in [5.41, 5.74) is 4.35. The summed E-state index contributed by atoms with van der Waals surface area (Å²) in [5, 5.41) is 6.00. The molecular formula is C18H20N2O. The summed E-state index contributed by atoms with van der Waals surface area (Å²) < 4.78 is 0. The number of carbonyl (C=O) groups is 1. The molecule has 1 fully saturated rings. The van der Waals surface area contributed by atoms with Gasteiger partial charge in [0.2, 0.25) is 0 Å². The van der Waals surface area contributed by atoms with Crippen LogP contribution in [0.25, 0.3) is 0 Å². The molecule has 0 radical (unpaired) electrons. The van der Waals surface area contributed by atoms with Crippen LogP contribution < -0.4 is 10.6 Å². The lowest BCUT2D eigenvalue weighted by atomic mass is 10.1. The Labute approximate surface area is 125 Å². The second kappa shape index (κ2) is 6.00. The molecule has 0 heterocycles. The summed E-state index contributed by atoms with van der Waals surface area (Å²) in [4.78, 5) is 11.6. The average molecular weight is 280 g/mol. The number of amides is 1. The molecule has 1 saturated carbocycles. The van der Waals surface area contributed by atoms with Crippen molar-refractivity contribution in [2.24, 2.45) is 0 Å². The van der Waals surface area contributed by atoms with Gasteiger partial charge >= 0.3 is 0 Å². The zero-order chi connectivity index (χ0) is 14.7. The van der Waals surface area contributed by atoms with Gasteiger partial charge in [0.15, 0.2) is 0 Å². The Morgan fingerprint density at radius 2 is 1.90 bits per heavy atom. The van der Waals surface area contributed by atoms with E-state index in [2.05, 4.69) is 34.9 Å². The third-order valence-electron chi connectivity index (χ3n) is 3.88. The van der Waals surface area contributed by atoms with Crippen LogP contribution in [0.3, 0.4) is 0 Å². The molecule has 0 aliphatic heterocycles. The first kappa shape index (κ1) is 13.7. The van der Waals surface area contributed by atoms with Crippen molar-refractivity contribution in [3.63, 3.8) is 0 Å². The molecule has 21 heavy (non-hydrogen) atoms. The quantitative estimate of drug-likeness (QED) is 0.879. The van der Waals surface area contributed by atoms with Crippen molar-refractivity contribution in [1.82, 2.24) is 5.32 Å². The van der Waals surface area contributed by atoms with Crippen molar-refractivity contribution in [2.75, 3.05) is 12.4 Å². The lowest BCUT2D eigenvalue weighted by molar-refractivity contribution is 0.0963. The minimum absolute atomic E-state index is 0.0626. The molecule has 2 aromatic rings. The highest BCUT2D eigenvalue weighted by molar-refractivity contribution is 5.94. The predicted octanol–water partition coefficient (Wildman–Crippen LogP) is 3.54. The van der Waals surface area contributed by atoms with Crippen molar-refractivity contribution in [1.29, 1.82) is 0 Å². The van der Waals surface area contributed by atoms with Crippen LogP contribution in [0, 0.1) is 0 Å². The number of hydrogen-bond donors (Lipinski definition) is 2. The highest BCUT2D eigenvalue weighted by Crippen LogP contribution is 2.39. The molecule has 3 rings (SSSR count). The van der Waals surface area contributed by atoms with Crippen LogP contribution in [0.2, 0.25) is 0 Å². The van der Waals surface area contributed by atoms with Gasteiger partial charge in [0.25, 0.3) is 5.91 Å². The minimum atomic E-state index is -0.0626. The van der Waals surface area contributed by atoms with Gasteiger partial charge in [0, 0.05) is 24.8 Å². The smallest absolute Gasteiger partial charge is 0.251 e. The molecule has 0 aromatic heterocycles.